The molecule has 1 aromatic carbocycles. The summed E-state index contributed by atoms with van der Waals surface area (Å²) in [6, 6.07) is 8.39. The predicted octanol–water partition coefficient (Wildman–Crippen LogP) is 3.33. The number of benzene rings is 1. The van der Waals surface area contributed by atoms with E-state index in [4.69, 9.17) is 4.74 Å². The summed E-state index contributed by atoms with van der Waals surface area (Å²) in [6.07, 6.45) is 7.19. The molecule has 2 amide bonds. The minimum Gasteiger partial charge on any atom is -0.373 e. The number of carbonyl (C=O) groups is 2. The van der Waals surface area contributed by atoms with E-state index >= 15 is 0 Å². The van der Waals surface area contributed by atoms with Crippen molar-refractivity contribution in [2.45, 2.75) is 51.4 Å². The molecule has 7 nitrogen and oxygen atoms in total. The number of piperidine rings is 2. The van der Waals surface area contributed by atoms with Crippen molar-refractivity contribution in [3.8, 4) is 0 Å². The van der Waals surface area contributed by atoms with Crippen LogP contribution in [0.3, 0.4) is 0 Å². The number of amides is 2. The summed E-state index contributed by atoms with van der Waals surface area (Å²) in [5.41, 5.74) is 2.27. The zero-order valence-corrected chi connectivity index (χ0v) is 19.5. The summed E-state index contributed by atoms with van der Waals surface area (Å²) in [5.74, 6) is -0.746. The van der Waals surface area contributed by atoms with Gasteiger partial charge in [0.05, 0.1) is 24.9 Å². The lowest BCUT2D eigenvalue weighted by atomic mass is 10.0. The second-order valence-electron chi connectivity index (χ2n) is 8.45. The number of likely N-dealkylation sites (tertiary alicyclic amines) is 2. The van der Waals surface area contributed by atoms with E-state index in [2.05, 4.69) is 21.0 Å². The van der Waals surface area contributed by atoms with Crippen LogP contribution in [-0.4, -0.2) is 63.7 Å². The Morgan fingerprint density at radius 3 is 2.13 bits per heavy atom. The molecule has 0 N–H and O–H groups in total. The quantitative estimate of drug-likeness (QED) is 0.619. The summed E-state index contributed by atoms with van der Waals surface area (Å²) in [7, 11) is 0. The largest absolute Gasteiger partial charge is 0.373 e. The van der Waals surface area contributed by atoms with E-state index in [9.17, 15) is 9.59 Å². The fourth-order valence-electron chi connectivity index (χ4n) is 4.26. The van der Waals surface area contributed by atoms with Crippen molar-refractivity contribution in [1.29, 1.82) is 0 Å². The fourth-order valence-corrected chi connectivity index (χ4v) is 4.52. The van der Waals surface area contributed by atoms with Crippen molar-refractivity contribution in [2.24, 2.45) is 0 Å². The van der Waals surface area contributed by atoms with Crippen LogP contribution >= 0.6 is 15.9 Å². The Bertz CT molecular complexity index is 898. The Kier molecular flexibility index (Phi) is 7.07. The molecule has 0 radical (unpaired) electrons. The molecule has 0 saturated carbocycles. The third-order valence-electron chi connectivity index (χ3n) is 6.17. The van der Waals surface area contributed by atoms with E-state index in [1.54, 1.807) is 9.80 Å². The molecule has 2 saturated heterocycles. The Labute approximate surface area is 191 Å². The van der Waals surface area contributed by atoms with E-state index in [0.29, 0.717) is 38.8 Å². The molecular formula is C23H29BrN4O3. The number of hydrogen-bond acceptors (Lipinski definition) is 4. The lowest BCUT2D eigenvalue weighted by Crippen LogP contribution is -2.50. The van der Waals surface area contributed by atoms with Crippen LogP contribution in [0.15, 0.2) is 41.1 Å². The van der Waals surface area contributed by atoms with Gasteiger partial charge in [0, 0.05) is 36.8 Å². The highest BCUT2D eigenvalue weighted by Crippen LogP contribution is 2.23. The van der Waals surface area contributed by atoms with Crippen molar-refractivity contribution in [3.05, 3.63) is 52.3 Å². The zero-order chi connectivity index (χ0) is 21.8. The molecule has 0 aliphatic carbocycles. The molecule has 2 fully saturated rings. The lowest BCUT2D eigenvalue weighted by molar-refractivity contribution is -0.154. The second kappa shape index (κ2) is 9.96. The first-order chi connectivity index (χ1) is 15.0. The van der Waals surface area contributed by atoms with Gasteiger partial charge in [-0.15, -0.1) is 0 Å². The fraction of sp³-hybridized carbons (Fsp3) is 0.522. The zero-order valence-electron chi connectivity index (χ0n) is 17.9. The number of aromatic nitrogens is 2. The molecule has 1 aromatic heterocycles. The van der Waals surface area contributed by atoms with Gasteiger partial charge in [0.15, 0.2) is 0 Å². The maximum absolute atomic E-state index is 12.7. The third kappa shape index (κ3) is 5.54. The molecule has 2 aliphatic heterocycles. The van der Waals surface area contributed by atoms with Crippen LogP contribution in [0.25, 0.3) is 0 Å². The van der Waals surface area contributed by atoms with Gasteiger partial charge in [-0.25, -0.2) is 0 Å². The molecule has 3 heterocycles. The summed E-state index contributed by atoms with van der Waals surface area (Å²) >= 11 is 3.43. The van der Waals surface area contributed by atoms with Gasteiger partial charge >= 0.3 is 11.8 Å². The highest BCUT2D eigenvalue weighted by atomic mass is 79.9. The second-order valence-corrected chi connectivity index (χ2v) is 9.37. The van der Waals surface area contributed by atoms with E-state index in [-0.39, 0.29) is 17.9 Å². The van der Waals surface area contributed by atoms with E-state index in [1.165, 1.54) is 0 Å². The predicted molar refractivity (Wildman–Crippen MR) is 120 cm³/mol. The van der Waals surface area contributed by atoms with Crippen molar-refractivity contribution in [2.75, 3.05) is 26.2 Å². The SMILES string of the molecule is Cc1cnn(C2CCN(C(=O)C(=O)N3CCC(OCc4ccc(Br)cc4)CC3)CC2)c1. The van der Waals surface area contributed by atoms with Crippen LogP contribution in [-0.2, 0) is 20.9 Å². The Morgan fingerprint density at radius 2 is 1.58 bits per heavy atom. The van der Waals surface area contributed by atoms with Gasteiger partial charge in [-0.3, -0.25) is 14.3 Å². The minimum absolute atomic E-state index is 0.121. The number of aryl methyl sites for hydroxylation is 1. The standard InChI is InChI=1S/C23H29BrN4O3/c1-17-14-25-28(15-17)20-6-10-26(11-7-20)22(29)23(30)27-12-8-21(9-13-27)31-16-18-2-4-19(24)5-3-18/h2-5,14-15,20-21H,6-13,16H2,1H3. The monoisotopic (exact) mass is 488 g/mol. The van der Waals surface area contributed by atoms with Crippen LogP contribution in [0.5, 0.6) is 0 Å². The topological polar surface area (TPSA) is 67.7 Å². The molecule has 166 valence electrons. The molecule has 2 aromatic rings. The van der Waals surface area contributed by atoms with Crippen LogP contribution in [0.4, 0.5) is 0 Å². The summed E-state index contributed by atoms with van der Waals surface area (Å²) in [4.78, 5) is 28.9. The van der Waals surface area contributed by atoms with Crippen LogP contribution < -0.4 is 0 Å². The van der Waals surface area contributed by atoms with Gasteiger partial charge in [-0.2, -0.15) is 5.10 Å². The number of nitrogens with zero attached hydrogens (tertiary/aromatic N) is 4. The molecule has 0 spiro atoms. The van der Waals surface area contributed by atoms with E-state index in [1.807, 2.05) is 48.3 Å². The van der Waals surface area contributed by atoms with Crippen LogP contribution in [0, 0.1) is 6.92 Å². The molecule has 0 bridgehead atoms. The van der Waals surface area contributed by atoms with Crippen molar-refractivity contribution >= 4 is 27.7 Å². The number of hydrogen-bond donors (Lipinski definition) is 0. The van der Waals surface area contributed by atoms with Gasteiger partial charge in [0.1, 0.15) is 0 Å². The van der Waals surface area contributed by atoms with Gasteiger partial charge in [0.2, 0.25) is 0 Å². The Balaban J connectivity index is 1.20. The van der Waals surface area contributed by atoms with Gasteiger partial charge < -0.3 is 14.5 Å². The van der Waals surface area contributed by atoms with Crippen molar-refractivity contribution in [1.82, 2.24) is 19.6 Å². The number of halogens is 1. The highest BCUT2D eigenvalue weighted by molar-refractivity contribution is 9.10. The number of ether oxygens (including phenoxy) is 1. The Hall–Kier alpha value is -2.19. The molecule has 4 rings (SSSR count). The summed E-state index contributed by atoms with van der Waals surface area (Å²) < 4.78 is 9.05. The molecule has 0 unspecified atom stereocenters. The normalized spacial score (nSPS) is 18.4. The van der Waals surface area contributed by atoms with Crippen molar-refractivity contribution in [3.63, 3.8) is 0 Å². The maximum Gasteiger partial charge on any atom is 0.312 e. The van der Waals surface area contributed by atoms with Crippen LogP contribution in [0.1, 0.15) is 42.9 Å². The van der Waals surface area contributed by atoms with Crippen LogP contribution in [0.2, 0.25) is 0 Å². The van der Waals surface area contributed by atoms with Crippen molar-refractivity contribution < 1.29 is 14.3 Å². The Morgan fingerprint density at radius 1 is 1.00 bits per heavy atom. The number of rotatable bonds is 4. The molecule has 0 atom stereocenters. The third-order valence-corrected chi connectivity index (χ3v) is 6.70. The summed E-state index contributed by atoms with van der Waals surface area (Å²) in [6.45, 7) is 4.92. The first-order valence-electron chi connectivity index (χ1n) is 10.9. The highest BCUT2D eigenvalue weighted by Gasteiger charge is 2.32. The molecule has 8 heteroatoms. The van der Waals surface area contributed by atoms with E-state index in [0.717, 1.165) is 41.3 Å². The average Bonchev–Trinajstić information content (AvgIpc) is 3.24. The first kappa shape index (κ1) is 22.0. The lowest BCUT2D eigenvalue weighted by Gasteiger charge is -2.35. The molecular weight excluding hydrogens is 460 g/mol. The van der Waals surface area contributed by atoms with Gasteiger partial charge in [0.25, 0.3) is 0 Å². The van der Waals surface area contributed by atoms with Gasteiger partial charge in [-0.05, 0) is 55.9 Å². The molecule has 2 aliphatic rings. The minimum atomic E-state index is -0.375. The average molecular weight is 489 g/mol. The smallest absolute Gasteiger partial charge is 0.312 e. The first-order valence-corrected chi connectivity index (χ1v) is 11.7. The van der Waals surface area contributed by atoms with E-state index < -0.39 is 0 Å². The van der Waals surface area contributed by atoms with Gasteiger partial charge in [-0.1, -0.05) is 28.1 Å². The maximum atomic E-state index is 12.7. The summed E-state index contributed by atoms with van der Waals surface area (Å²) in [5, 5.41) is 4.39. The molecule has 31 heavy (non-hydrogen) atoms. The number of carbonyl (C=O) groups excluding carboxylic acids is 2.